The molecule has 1 saturated carbocycles. The Labute approximate surface area is 97.1 Å². The Morgan fingerprint density at radius 1 is 1.25 bits per heavy atom. The lowest BCUT2D eigenvalue weighted by Crippen LogP contribution is -2.36. The van der Waals surface area contributed by atoms with E-state index in [1.807, 2.05) is 12.1 Å². The second kappa shape index (κ2) is 4.96. The van der Waals surface area contributed by atoms with Crippen molar-refractivity contribution in [2.24, 2.45) is 5.92 Å². The summed E-state index contributed by atoms with van der Waals surface area (Å²) >= 11 is 0. The average molecular weight is 221 g/mol. The molecule has 2 atom stereocenters. The zero-order valence-electron chi connectivity index (χ0n) is 10.0. The molecule has 1 aliphatic carbocycles. The summed E-state index contributed by atoms with van der Waals surface area (Å²) in [5.74, 6) is 1.22. The van der Waals surface area contributed by atoms with Crippen LogP contribution in [0.25, 0.3) is 0 Å². The molecule has 88 valence electrons. The van der Waals surface area contributed by atoms with E-state index in [-0.39, 0.29) is 5.82 Å². The van der Waals surface area contributed by atoms with Gasteiger partial charge in [0.15, 0.2) is 0 Å². The molecule has 0 heterocycles. The van der Waals surface area contributed by atoms with Gasteiger partial charge in [-0.2, -0.15) is 0 Å². The van der Waals surface area contributed by atoms with Crippen molar-refractivity contribution in [2.45, 2.75) is 38.6 Å². The summed E-state index contributed by atoms with van der Waals surface area (Å²) in [5.41, 5.74) is 1.29. The van der Waals surface area contributed by atoms with E-state index < -0.39 is 0 Å². The van der Waals surface area contributed by atoms with E-state index in [2.05, 4.69) is 19.2 Å². The lowest BCUT2D eigenvalue weighted by atomic mass is 9.70. The van der Waals surface area contributed by atoms with Crippen molar-refractivity contribution < 1.29 is 4.39 Å². The Bertz CT molecular complexity index is 331. The molecule has 2 rings (SSSR count). The number of hydrogen-bond acceptors (Lipinski definition) is 1. The van der Waals surface area contributed by atoms with E-state index in [4.69, 9.17) is 0 Å². The highest BCUT2D eigenvalue weighted by molar-refractivity contribution is 5.23. The SMILES string of the molecule is CC(C)NCC1CCC1c1ccc(F)cc1. The predicted octanol–water partition coefficient (Wildman–Crippen LogP) is 3.32. The molecule has 0 spiro atoms. The zero-order chi connectivity index (χ0) is 11.5. The van der Waals surface area contributed by atoms with Gasteiger partial charge in [0, 0.05) is 6.04 Å². The van der Waals surface area contributed by atoms with Crippen molar-refractivity contribution in [3.63, 3.8) is 0 Å². The van der Waals surface area contributed by atoms with Gasteiger partial charge in [0.1, 0.15) is 5.82 Å². The Morgan fingerprint density at radius 3 is 2.44 bits per heavy atom. The van der Waals surface area contributed by atoms with Crippen LogP contribution in [-0.4, -0.2) is 12.6 Å². The van der Waals surface area contributed by atoms with E-state index in [0.29, 0.717) is 12.0 Å². The van der Waals surface area contributed by atoms with Crippen LogP contribution in [0, 0.1) is 11.7 Å². The van der Waals surface area contributed by atoms with Crippen LogP contribution in [0.3, 0.4) is 0 Å². The first-order chi connectivity index (χ1) is 7.66. The topological polar surface area (TPSA) is 12.0 Å². The molecule has 1 N–H and O–H groups in total. The fraction of sp³-hybridized carbons (Fsp3) is 0.571. The van der Waals surface area contributed by atoms with Gasteiger partial charge in [0.05, 0.1) is 0 Å². The van der Waals surface area contributed by atoms with Crippen LogP contribution in [0.4, 0.5) is 4.39 Å². The van der Waals surface area contributed by atoms with E-state index in [1.165, 1.54) is 18.4 Å². The monoisotopic (exact) mass is 221 g/mol. The summed E-state index contributed by atoms with van der Waals surface area (Å²) in [6.45, 7) is 5.43. The highest BCUT2D eigenvalue weighted by Crippen LogP contribution is 2.42. The van der Waals surface area contributed by atoms with E-state index in [9.17, 15) is 4.39 Å². The fourth-order valence-electron chi connectivity index (χ4n) is 2.35. The third-order valence-corrected chi connectivity index (χ3v) is 3.50. The molecule has 2 heteroatoms. The predicted molar refractivity (Wildman–Crippen MR) is 65.0 cm³/mol. The summed E-state index contributed by atoms with van der Waals surface area (Å²) < 4.78 is 12.8. The molecule has 0 aliphatic heterocycles. The van der Waals surface area contributed by atoms with E-state index >= 15 is 0 Å². The molecule has 1 aromatic carbocycles. The molecule has 0 aromatic heterocycles. The molecule has 0 saturated heterocycles. The molecule has 1 fully saturated rings. The maximum Gasteiger partial charge on any atom is 0.123 e. The first kappa shape index (κ1) is 11.6. The summed E-state index contributed by atoms with van der Waals surface area (Å²) in [5, 5.41) is 3.48. The number of benzene rings is 1. The highest BCUT2D eigenvalue weighted by Gasteiger charge is 2.31. The molecule has 1 nitrogen and oxygen atoms in total. The summed E-state index contributed by atoms with van der Waals surface area (Å²) in [4.78, 5) is 0. The van der Waals surface area contributed by atoms with Crippen molar-refractivity contribution >= 4 is 0 Å². The van der Waals surface area contributed by atoms with Gasteiger partial charge >= 0.3 is 0 Å². The first-order valence-corrected chi connectivity index (χ1v) is 6.15. The number of hydrogen-bond donors (Lipinski definition) is 1. The fourth-order valence-corrected chi connectivity index (χ4v) is 2.35. The molecule has 0 radical (unpaired) electrons. The Kier molecular flexibility index (Phi) is 3.59. The smallest absolute Gasteiger partial charge is 0.123 e. The van der Waals surface area contributed by atoms with Crippen LogP contribution < -0.4 is 5.32 Å². The van der Waals surface area contributed by atoms with Crippen LogP contribution >= 0.6 is 0 Å². The minimum absolute atomic E-state index is 0.139. The van der Waals surface area contributed by atoms with Crippen molar-refractivity contribution in [2.75, 3.05) is 6.54 Å². The Hall–Kier alpha value is -0.890. The molecule has 16 heavy (non-hydrogen) atoms. The highest BCUT2D eigenvalue weighted by atomic mass is 19.1. The molecule has 2 unspecified atom stereocenters. The van der Waals surface area contributed by atoms with Crippen LogP contribution in [0.15, 0.2) is 24.3 Å². The molecule has 1 aliphatic rings. The summed E-state index contributed by atoms with van der Waals surface area (Å²) in [6, 6.07) is 7.55. The van der Waals surface area contributed by atoms with Crippen LogP contribution in [-0.2, 0) is 0 Å². The van der Waals surface area contributed by atoms with Crippen LogP contribution in [0.2, 0.25) is 0 Å². The maximum atomic E-state index is 12.8. The minimum Gasteiger partial charge on any atom is -0.314 e. The lowest BCUT2D eigenvalue weighted by molar-refractivity contribution is 0.240. The first-order valence-electron chi connectivity index (χ1n) is 6.15. The molecule has 0 amide bonds. The summed E-state index contributed by atoms with van der Waals surface area (Å²) in [6.07, 6.45) is 2.54. The number of halogens is 1. The second-order valence-corrected chi connectivity index (χ2v) is 5.06. The van der Waals surface area contributed by atoms with Crippen LogP contribution in [0.1, 0.15) is 38.2 Å². The van der Waals surface area contributed by atoms with Gasteiger partial charge in [-0.05, 0) is 48.9 Å². The standard InChI is InChI=1S/C14H20FN/c1-10(2)16-9-12-5-8-14(12)11-3-6-13(15)7-4-11/h3-4,6-7,10,12,14,16H,5,8-9H2,1-2H3. The van der Waals surface area contributed by atoms with Crippen molar-refractivity contribution in [1.82, 2.24) is 5.32 Å². The van der Waals surface area contributed by atoms with Crippen molar-refractivity contribution in [1.29, 1.82) is 0 Å². The average Bonchev–Trinajstić information content (AvgIpc) is 2.19. The van der Waals surface area contributed by atoms with Gasteiger partial charge in [-0.25, -0.2) is 4.39 Å². The number of nitrogens with one attached hydrogen (secondary N) is 1. The normalized spacial score (nSPS) is 24.5. The van der Waals surface area contributed by atoms with Gasteiger partial charge in [0.25, 0.3) is 0 Å². The summed E-state index contributed by atoms with van der Waals surface area (Å²) in [7, 11) is 0. The molecule has 1 aromatic rings. The van der Waals surface area contributed by atoms with Crippen molar-refractivity contribution in [3.8, 4) is 0 Å². The Balaban J connectivity index is 1.92. The van der Waals surface area contributed by atoms with Gasteiger partial charge < -0.3 is 5.32 Å². The largest absolute Gasteiger partial charge is 0.314 e. The lowest BCUT2D eigenvalue weighted by Gasteiger charge is -2.37. The maximum absolute atomic E-state index is 12.8. The zero-order valence-corrected chi connectivity index (χ0v) is 10.0. The minimum atomic E-state index is -0.139. The van der Waals surface area contributed by atoms with Gasteiger partial charge in [-0.15, -0.1) is 0 Å². The second-order valence-electron chi connectivity index (χ2n) is 5.06. The van der Waals surface area contributed by atoms with Crippen molar-refractivity contribution in [3.05, 3.63) is 35.6 Å². The van der Waals surface area contributed by atoms with Gasteiger partial charge in [0.2, 0.25) is 0 Å². The Morgan fingerprint density at radius 2 is 1.94 bits per heavy atom. The number of rotatable bonds is 4. The molecule has 0 bridgehead atoms. The van der Waals surface area contributed by atoms with Gasteiger partial charge in [-0.3, -0.25) is 0 Å². The van der Waals surface area contributed by atoms with Crippen LogP contribution in [0.5, 0.6) is 0 Å². The third kappa shape index (κ3) is 2.62. The molecular weight excluding hydrogens is 201 g/mol. The molecular formula is C14H20FN. The quantitative estimate of drug-likeness (QED) is 0.822. The third-order valence-electron chi connectivity index (χ3n) is 3.50. The van der Waals surface area contributed by atoms with Gasteiger partial charge in [-0.1, -0.05) is 26.0 Å². The van der Waals surface area contributed by atoms with E-state index in [1.54, 1.807) is 12.1 Å². The van der Waals surface area contributed by atoms with E-state index in [0.717, 1.165) is 12.5 Å².